The number of aromatic nitrogens is 4. The van der Waals surface area contributed by atoms with Crippen molar-refractivity contribution in [1.82, 2.24) is 19.6 Å². The van der Waals surface area contributed by atoms with Crippen molar-refractivity contribution in [1.29, 1.82) is 0 Å². The van der Waals surface area contributed by atoms with Crippen LogP contribution in [0.5, 0.6) is 11.5 Å². The van der Waals surface area contributed by atoms with E-state index < -0.39 is 52.9 Å². The maximum atomic E-state index is 11.7. The average Bonchev–Trinajstić information content (AvgIpc) is 3.18. The fourth-order valence-electron chi connectivity index (χ4n) is 2.37. The molecule has 0 aliphatic rings. The Balaban J connectivity index is 2.64. The summed E-state index contributed by atoms with van der Waals surface area (Å²) in [7, 11) is -10.5. The number of phenols is 2. The molecule has 0 radical (unpaired) electrons. The van der Waals surface area contributed by atoms with E-state index in [9.17, 15) is 36.2 Å². The van der Waals surface area contributed by atoms with E-state index >= 15 is 0 Å². The Morgan fingerprint density at radius 3 is 1.38 bits per heavy atom. The van der Waals surface area contributed by atoms with Crippen molar-refractivity contribution in [2.24, 2.45) is 0 Å². The maximum absolute atomic E-state index is 11.7. The summed E-state index contributed by atoms with van der Waals surface area (Å²) in [6, 6.07) is 2.68. The number of hydrogen-bond donors (Lipinski definition) is 4. The molecular weight excluding hydrogens is 392 g/mol. The van der Waals surface area contributed by atoms with Crippen LogP contribution in [0.2, 0.25) is 0 Å². The minimum atomic E-state index is -5.26. The van der Waals surface area contributed by atoms with E-state index in [2.05, 4.69) is 10.2 Å². The van der Waals surface area contributed by atoms with Gasteiger partial charge in [-0.2, -0.15) is 27.0 Å². The van der Waals surface area contributed by atoms with Crippen LogP contribution in [0.25, 0.3) is 11.4 Å². The van der Waals surface area contributed by atoms with Crippen molar-refractivity contribution in [2.75, 3.05) is 0 Å². The quantitative estimate of drug-likeness (QED) is 0.341. The van der Waals surface area contributed by atoms with Gasteiger partial charge in [-0.15, -0.1) is 0 Å². The second-order valence-electron chi connectivity index (χ2n) is 4.90. The van der Waals surface area contributed by atoms with Crippen LogP contribution in [0.1, 0.15) is 0 Å². The summed E-state index contributed by atoms with van der Waals surface area (Å²) in [5, 5.41) is 28.2. The number of hydrogen-bond acceptors (Lipinski definition) is 8. The van der Waals surface area contributed by atoms with Gasteiger partial charge in [-0.3, -0.25) is 9.11 Å². The number of nitrogens with zero attached hydrogens (tertiary/aromatic N) is 4. The molecule has 2 heterocycles. The first-order valence-corrected chi connectivity index (χ1v) is 9.48. The fourth-order valence-corrected chi connectivity index (χ4v) is 4.00. The van der Waals surface area contributed by atoms with Crippen LogP contribution in [0.15, 0.2) is 46.7 Å². The van der Waals surface area contributed by atoms with Crippen molar-refractivity contribution in [3.8, 4) is 22.9 Å². The van der Waals surface area contributed by atoms with E-state index in [4.69, 9.17) is 0 Å². The zero-order valence-electron chi connectivity index (χ0n) is 12.5. The maximum Gasteiger partial charge on any atom is 0.300 e. The first-order valence-electron chi connectivity index (χ1n) is 6.60. The van der Waals surface area contributed by atoms with Crippen LogP contribution in [0.3, 0.4) is 0 Å². The molecular formula is C12H10N4O8S2. The van der Waals surface area contributed by atoms with Crippen LogP contribution in [0, 0.1) is 0 Å². The number of rotatable bonds is 4. The normalized spacial score (nSPS) is 12.4. The first kappa shape index (κ1) is 17.9. The molecule has 0 aliphatic carbocycles. The number of phenolic OH excluding ortho intramolecular Hbond substituents is 2. The summed E-state index contributed by atoms with van der Waals surface area (Å²) in [5.41, 5.74) is -1.49. The third kappa shape index (κ3) is 2.80. The zero-order valence-corrected chi connectivity index (χ0v) is 14.1. The van der Waals surface area contributed by atoms with Crippen LogP contribution in [0.4, 0.5) is 0 Å². The molecule has 4 N–H and O–H groups in total. The molecule has 0 spiro atoms. The molecule has 1 aromatic carbocycles. The lowest BCUT2D eigenvalue weighted by Crippen LogP contribution is -2.14. The summed E-state index contributed by atoms with van der Waals surface area (Å²) in [4.78, 5) is -2.72. The molecule has 0 unspecified atom stereocenters. The van der Waals surface area contributed by atoms with Crippen LogP contribution >= 0.6 is 0 Å². The minimum absolute atomic E-state index is 0.743. The highest BCUT2D eigenvalue weighted by atomic mass is 32.2. The Bertz CT molecular complexity index is 1090. The Hall–Kier alpha value is -2.94. The van der Waals surface area contributed by atoms with Gasteiger partial charge in [-0.25, -0.2) is 9.36 Å². The highest BCUT2D eigenvalue weighted by Gasteiger charge is 2.37. The van der Waals surface area contributed by atoms with Crippen molar-refractivity contribution in [3.05, 3.63) is 36.9 Å². The van der Waals surface area contributed by atoms with E-state index in [1.807, 2.05) is 0 Å². The largest absolute Gasteiger partial charge is 0.505 e. The van der Waals surface area contributed by atoms with Crippen molar-refractivity contribution < 1.29 is 36.2 Å². The van der Waals surface area contributed by atoms with Crippen molar-refractivity contribution in [2.45, 2.75) is 9.79 Å². The van der Waals surface area contributed by atoms with Crippen LogP contribution in [-0.4, -0.2) is 55.7 Å². The van der Waals surface area contributed by atoms with E-state index in [1.54, 1.807) is 0 Å². The van der Waals surface area contributed by atoms with Gasteiger partial charge >= 0.3 is 20.2 Å². The Morgan fingerprint density at radius 1 is 0.731 bits per heavy atom. The molecule has 2 aromatic heterocycles. The van der Waals surface area contributed by atoms with Crippen LogP contribution < -0.4 is 0 Å². The molecule has 0 atom stereocenters. The van der Waals surface area contributed by atoms with Crippen molar-refractivity contribution in [3.63, 3.8) is 0 Å². The molecule has 0 aliphatic heterocycles. The molecule has 0 amide bonds. The Labute approximate surface area is 146 Å². The molecule has 0 saturated heterocycles. The number of aromatic hydroxyl groups is 2. The minimum Gasteiger partial charge on any atom is -0.505 e. The smallest absolute Gasteiger partial charge is 0.300 e. The molecule has 26 heavy (non-hydrogen) atoms. The van der Waals surface area contributed by atoms with Gasteiger partial charge < -0.3 is 10.2 Å². The lowest BCUT2D eigenvalue weighted by molar-refractivity contribution is 0.406. The van der Waals surface area contributed by atoms with E-state index in [1.165, 1.54) is 36.9 Å². The average molecular weight is 402 g/mol. The van der Waals surface area contributed by atoms with Crippen molar-refractivity contribution >= 4 is 20.2 Å². The lowest BCUT2D eigenvalue weighted by Gasteiger charge is -2.18. The molecule has 0 bridgehead atoms. The van der Waals surface area contributed by atoms with Gasteiger partial charge in [0.2, 0.25) is 0 Å². The highest BCUT2D eigenvalue weighted by Crippen LogP contribution is 2.46. The van der Waals surface area contributed by atoms with Gasteiger partial charge in [0, 0.05) is 24.8 Å². The van der Waals surface area contributed by atoms with Gasteiger partial charge in [0.15, 0.2) is 21.3 Å². The molecule has 0 saturated carbocycles. The zero-order chi connectivity index (χ0) is 19.3. The third-order valence-corrected chi connectivity index (χ3v) is 5.10. The van der Waals surface area contributed by atoms with Gasteiger partial charge in [0.05, 0.1) is 0 Å². The van der Waals surface area contributed by atoms with E-state index in [0.717, 1.165) is 9.36 Å². The predicted octanol–water partition coefficient (Wildman–Crippen LogP) is -0.0374. The first-order chi connectivity index (χ1) is 12.0. The Morgan fingerprint density at radius 2 is 1.12 bits per heavy atom. The fraction of sp³-hybridized carbons (Fsp3) is 0. The van der Waals surface area contributed by atoms with E-state index in [-0.39, 0.29) is 0 Å². The molecule has 14 heteroatoms. The molecule has 138 valence electrons. The van der Waals surface area contributed by atoms with Gasteiger partial charge in [0.25, 0.3) is 0 Å². The molecule has 0 fully saturated rings. The summed E-state index contributed by atoms with van der Waals surface area (Å²) >= 11 is 0. The monoisotopic (exact) mass is 402 g/mol. The Kier molecular flexibility index (Phi) is 3.99. The third-order valence-electron chi connectivity index (χ3n) is 3.29. The summed E-state index contributed by atoms with van der Waals surface area (Å²) in [6.07, 6.45) is 4.75. The SMILES string of the molecule is O=S(=O)(O)c1c(O)c(S(=O)(=O)O)c(-n2cccn2)c(O)c1-n1cccn1. The lowest BCUT2D eigenvalue weighted by atomic mass is 10.2. The summed E-state index contributed by atoms with van der Waals surface area (Å²) < 4.78 is 67.4. The predicted molar refractivity (Wildman–Crippen MR) is 83.6 cm³/mol. The highest BCUT2D eigenvalue weighted by molar-refractivity contribution is 7.87. The second-order valence-corrected chi connectivity index (χ2v) is 7.62. The molecule has 3 rings (SSSR count). The van der Waals surface area contributed by atoms with Gasteiger partial charge in [-0.1, -0.05) is 0 Å². The summed E-state index contributed by atoms with van der Waals surface area (Å²) in [5.74, 6) is -2.54. The van der Waals surface area contributed by atoms with Gasteiger partial charge in [-0.05, 0) is 12.1 Å². The molecule has 12 nitrogen and oxygen atoms in total. The standard InChI is InChI=1S/C12H10N4O8S2/c17-9-7(15-5-1-3-13-15)11(25(19,20)21)10(18)12(26(22,23)24)8(9)16-6-2-4-14-16/h1-6,17-18H,(H,19,20,21)(H,22,23,24). The summed E-state index contributed by atoms with van der Waals surface area (Å²) in [6.45, 7) is 0. The second kappa shape index (κ2) is 5.80. The van der Waals surface area contributed by atoms with Crippen LogP contribution in [-0.2, 0) is 20.2 Å². The van der Waals surface area contributed by atoms with E-state index in [0.29, 0.717) is 0 Å². The van der Waals surface area contributed by atoms with Gasteiger partial charge in [0.1, 0.15) is 11.4 Å². The topological polar surface area (TPSA) is 185 Å². The molecule has 3 aromatic rings. The number of benzene rings is 1.